The summed E-state index contributed by atoms with van der Waals surface area (Å²) in [7, 11) is 0. The van der Waals surface area contributed by atoms with Crippen molar-refractivity contribution in [3.8, 4) is 0 Å². The Labute approximate surface area is 79.8 Å². The Hall–Kier alpha value is 0.503. The fourth-order valence-electron chi connectivity index (χ4n) is 0.522. The maximum Gasteiger partial charge on any atom is 0.240 e. The number of carbonyl (C=O) groups excluding carboxylic acids is 2. The van der Waals surface area contributed by atoms with Gasteiger partial charge in [-0.15, -0.1) is 0 Å². The summed E-state index contributed by atoms with van der Waals surface area (Å²) in [6, 6.07) is 0. The second-order valence-electron chi connectivity index (χ2n) is 1.58. The second-order valence-corrected chi connectivity index (χ2v) is 2.69. The Balaban J connectivity index is 0.000000640. The molecular weight excluding hydrogens is 383 g/mol. The molecule has 1 heterocycles. The van der Waals surface area contributed by atoms with Crippen molar-refractivity contribution in [2.45, 2.75) is 11.2 Å². The summed E-state index contributed by atoms with van der Waals surface area (Å²) >= 11 is 3.01. The second kappa shape index (κ2) is 3.62. The number of imide groups is 1. The smallest absolute Gasteiger partial charge is 0.240 e. The molecule has 2 amide bonds. The van der Waals surface area contributed by atoms with E-state index in [0.717, 1.165) is 0 Å². The van der Waals surface area contributed by atoms with Gasteiger partial charge >= 0.3 is 0 Å². The molecule has 1 rings (SSSR count). The van der Waals surface area contributed by atoms with Crippen LogP contribution >= 0.6 is 15.9 Å². The molecule has 0 aliphatic carbocycles. The van der Waals surface area contributed by atoms with E-state index in [2.05, 4.69) is 21.2 Å². The number of halogens is 1. The molecule has 1 unspecified atom stereocenters. The molecule has 9 heavy (non-hydrogen) atoms. The molecule has 0 aromatic rings. The molecule has 1 aliphatic rings. The van der Waals surface area contributed by atoms with E-state index in [1.807, 2.05) is 0 Å². The predicted molar refractivity (Wildman–Crippen MR) is 36.2 cm³/mol. The molecule has 0 aromatic heterocycles. The summed E-state index contributed by atoms with van der Waals surface area (Å²) in [6.45, 7) is 0. The van der Waals surface area contributed by atoms with Gasteiger partial charge in [-0.25, -0.2) is 0 Å². The minimum atomic E-state index is -0.296. The number of hydrogen-bond acceptors (Lipinski definition) is 2. The van der Waals surface area contributed by atoms with Crippen molar-refractivity contribution in [2.24, 2.45) is 0 Å². The zero-order valence-corrected chi connectivity index (χ0v) is 9.49. The molecule has 3 radical (unpaired) electrons. The fourth-order valence-corrected chi connectivity index (χ4v) is 0.931. The third kappa shape index (κ3) is 2.30. The molecule has 1 aliphatic heterocycles. The van der Waals surface area contributed by atoms with Gasteiger partial charge in [-0.3, -0.25) is 14.9 Å². The van der Waals surface area contributed by atoms with Gasteiger partial charge in [0.25, 0.3) is 0 Å². The first-order valence-corrected chi connectivity index (χ1v) is 3.09. The number of hydrogen-bond donors (Lipinski definition) is 1. The number of rotatable bonds is 0. The third-order valence-corrected chi connectivity index (χ3v) is 1.65. The normalized spacial score (nSPS) is 25.2. The molecule has 0 bridgehead atoms. The minimum Gasteiger partial charge on any atom is -0.295 e. The number of alkyl halides is 1. The first kappa shape index (κ1) is 9.50. The number of amides is 2. The largest absolute Gasteiger partial charge is 0.295 e. The van der Waals surface area contributed by atoms with Crippen LogP contribution in [0.2, 0.25) is 0 Å². The SMILES string of the molecule is O=C1CC(Br)C(=O)N1.[Bi]. The van der Waals surface area contributed by atoms with Crippen LogP contribution in [0.5, 0.6) is 0 Å². The van der Waals surface area contributed by atoms with Crippen LogP contribution in [0.1, 0.15) is 6.42 Å². The van der Waals surface area contributed by atoms with Crippen LogP contribution < -0.4 is 5.32 Å². The summed E-state index contributed by atoms with van der Waals surface area (Å²) in [5, 5.41) is 2.14. The van der Waals surface area contributed by atoms with Crippen LogP contribution in [0, 0.1) is 0 Å². The Kier molecular flexibility index (Phi) is 3.82. The third-order valence-electron chi connectivity index (χ3n) is 0.912. The summed E-state index contributed by atoms with van der Waals surface area (Å²) in [5.74, 6) is -0.424. The summed E-state index contributed by atoms with van der Waals surface area (Å²) in [4.78, 5) is 20.4. The summed E-state index contributed by atoms with van der Waals surface area (Å²) in [6.07, 6.45) is 0.277. The van der Waals surface area contributed by atoms with Gasteiger partial charge < -0.3 is 0 Å². The fraction of sp³-hybridized carbons (Fsp3) is 0.500. The Bertz CT molecular complexity index is 150. The van der Waals surface area contributed by atoms with E-state index in [-0.39, 0.29) is 49.3 Å². The van der Waals surface area contributed by atoms with E-state index in [0.29, 0.717) is 0 Å². The molecule has 0 spiro atoms. The Morgan fingerprint density at radius 2 is 2.11 bits per heavy atom. The van der Waals surface area contributed by atoms with Crippen molar-refractivity contribution in [3.05, 3.63) is 0 Å². The van der Waals surface area contributed by atoms with Gasteiger partial charge in [0.1, 0.15) is 4.83 Å². The predicted octanol–water partition coefficient (Wildman–Crippen LogP) is -0.584. The van der Waals surface area contributed by atoms with Crippen LogP contribution in [0.3, 0.4) is 0 Å². The van der Waals surface area contributed by atoms with Crippen molar-refractivity contribution in [3.63, 3.8) is 0 Å². The van der Waals surface area contributed by atoms with Crippen LogP contribution in [0.15, 0.2) is 0 Å². The Morgan fingerprint density at radius 1 is 1.56 bits per heavy atom. The van der Waals surface area contributed by atoms with Gasteiger partial charge in [-0.2, -0.15) is 0 Å². The molecule has 1 atom stereocenters. The van der Waals surface area contributed by atoms with E-state index in [4.69, 9.17) is 0 Å². The van der Waals surface area contributed by atoms with Crippen molar-refractivity contribution in [1.29, 1.82) is 0 Å². The van der Waals surface area contributed by atoms with Crippen LogP contribution in [-0.4, -0.2) is 42.8 Å². The number of carbonyl (C=O) groups is 2. The number of nitrogens with one attached hydrogen (secondary N) is 1. The van der Waals surface area contributed by atoms with Gasteiger partial charge in [0.15, 0.2) is 0 Å². The zero-order chi connectivity index (χ0) is 6.15. The quantitative estimate of drug-likeness (QED) is 0.344. The molecule has 1 N–H and O–H groups in total. The average molecular weight is 387 g/mol. The van der Waals surface area contributed by atoms with Crippen molar-refractivity contribution in [2.75, 3.05) is 0 Å². The monoisotopic (exact) mass is 386 g/mol. The van der Waals surface area contributed by atoms with Crippen LogP contribution in [0.25, 0.3) is 0 Å². The molecule has 1 fully saturated rings. The van der Waals surface area contributed by atoms with E-state index in [1.54, 1.807) is 0 Å². The summed E-state index contributed by atoms with van der Waals surface area (Å²) < 4.78 is 0. The Morgan fingerprint density at radius 3 is 2.22 bits per heavy atom. The van der Waals surface area contributed by atoms with Gasteiger partial charge in [-0.05, 0) is 0 Å². The standard InChI is InChI=1S/C4H4BrNO2.Bi/c5-2-1-3(7)6-4(2)8;/h2H,1H2,(H,6,7,8);. The first-order chi connectivity index (χ1) is 3.70. The van der Waals surface area contributed by atoms with Gasteiger partial charge in [-0.1, -0.05) is 15.9 Å². The molecule has 5 heteroatoms. The maximum atomic E-state index is 10.4. The topological polar surface area (TPSA) is 46.2 Å². The maximum absolute atomic E-state index is 10.4. The molecule has 0 aromatic carbocycles. The van der Waals surface area contributed by atoms with Gasteiger partial charge in [0, 0.05) is 32.6 Å². The average Bonchev–Trinajstić information content (AvgIpc) is 1.85. The zero-order valence-electron chi connectivity index (χ0n) is 4.43. The van der Waals surface area contributed by atoms with E-state index in [1.165, 1.54) is 0 Å². The minimum absolute atomic E-state index is 0. The molecule has 0 saturated carbocycles. The van der Waals surface area contributed by atoms with Gasteiger partial charge in [0.05, 0.1) is 0 Å². The van der Waals surface area contributed by atoms with Crippen molar-refractivity contribution < 1.29 is 9.59 Å². The van der Waals surface area contributed by atoms with E-state index in [9.17, 15) is 9.59 Å². The molecule has 3 nitrogen and oxygen atoms in total. The van der Waals surface area contributed by atoms with Crippen LogP contribution in [-0.2, 0) is 9.59 Å². The first-order valence-electron chi connectivity index (χ1n) is 2.18. The molecular formula is C4H4BiBrNO2. The van der Waals surface area contributed by atoms with Gasteiger partial charge in [0.2, 0.25) is 11.8 Å². The van der Waals surface area contributed by atoms with Crippen molar-refractivity contribution in [1.82, 2.24) is 5.32 Å². The van der Waals surface area contributed by atoms with Crippen LogP contribution in [0.4, 0.5) is 0 Å². The molecule has 1 saturated heterocycles. The van der Waals surface area contributed by atoms with E-state index >= 15 is 0 Å². The van der Waals surface area contributed by atoms with E-state index < -0.39 is 0 Å². The summed E-state index contributed by atoms with van der Waals surface area (Å²) in [5.41, 5.74) is 0. The van der Waals surface area contributed by atoms with Crippen molar-refractivity contribution >= 4 is 53.9 Å². The molecule has 49 valence electrons.